The van der Waals surface area contributed by atoms with Crippen molar-refractivity contribution in [2.24, 2.45) is 7.05 Å². The van der Waals surface area contributed by atoms with E-state index in [0.717, 1.165) is 16.7 Å². The predicted molar refractivity (Wildman–Crippen MR) is 103 cm³/mol. The molecule has 1 aromatic carbocycles. The number of rotatable bonds is 2. The van der Waals surface area contributed by atoms with Gasteiger partial charge in [0.2, 0.25) is 0 Å². The van der Waals surface area contributed by atoms with E-state index in [1.807, 2.05) is 66.7 Å². The molecule has 136 valence electrons. The van der Waals surface area contributed by atoms with Gasteiger partial charge in [-0.1, -0.05) is 26.0 Å². The Hall–Kier alpha value is -1.79. The second kappa shape index (κ2) is 6.85. The maximum Gasteiger partial charge on any atom is 0.494 e. The minimum Gasteiger partial charge on any atom is -0.399 e. The van der Waals surface area contributed by atoms with Crippen LogP contribution in [0.3, 0.4) is 0 Å². The molecule has 2 aromatic rings. The van der Waals surface area contributed by atoms with Crippen LogP contribution in [0, 0.1) is 6.92 Å². The van der Waals surface area contributed by atoms with Gasteiger partial charge in [-0.3, -0.25) is 4.57 Å². The van der Waals surface area contributed by atoms with Gasteiger partial charge in [-0.25, -0.2) is 4.79 Å². The number of hydrogen-bond donors (Lipinski definition) is 0. The van der Waals surface area contributed by atoms with Crippen LogP contribution in [0.25, 0.3) is 5.69 Å². The third-order valence-corrected chi connectivity index (χ3v) is 4.95. The Bertz CT molecular complexity index is 789. The van der Waals surface area contributed by atoms with Crippen molar-refractivity contribution < 1.29 is 9.31 Å². The van der Waals surface area contributed by atoms with E-state index < -0.39 is 0 Å². The molecule has 1 aromatic heterocycles. The van der Waals surface area contributed by atoms with Crippen molar-refractivity contribution >= 4 is 12.6 Å². The molecule has 1 fully saturated rings. The second-order valence-electron chi connectivity index (χ2n) is 7.20. The fourth-order valence-electron chi connectivity index (χ4n) is 2.72. The van der Waals surface area contributed by atoms with Crippen molar-refractivity contribution in [1.82, 2.24) is 9.13 Å². The van der Waals surface area contributed by atoms with E-state index in [4.69, 9.17) is 9.31 Å². The molecule has 0 saturated carbocycles. The largest absolute Gasteiger partial charge is 0.494 e. The molecule has 2 heterocycles. The first-order valence-electron chi connectivity index (χ1n) is 8.83. The monoisotopic (exact) mass is 344 g/mol. The van der Waals surface area contributed by atoms with E-state index in [-0.39, 0.29) is 24.0 Å². The molecule has 0 aliphatic carbocycles. The van der Waals surface area contributed by atoms with Gasteiger partial charge in [0.05, 0.1) is 16.9 Å². The topological polar surface area (TPSA) is 45.4 Å². The highest BCUT2D eigenvalue weighted by molar-refractivity contribution is 6.62. The molecule has 0 spiro atoms. The van der Waals surface area contributed by atoms with Gasteiger partial charge in [-0.2, -0.15) is 0 Å². The summed E-state index contributed by atoms with van der Waals surface area (Å²) in [5, 5.41) is 0. The predicted octanol–water partition coefficient (Wildman–Crippen LogP) is 2.81. The third-order valence-electron chi connectivity index (χ3n) is 4.95. The highest BCUT2D eigenvalue weighted by atomic mass is 16.7. The summed E-state index contributed by atoms with van der Waals surface area (Å²) < 4.78 is 15.4. The Morgan fingerprint density at radius 1 is 1.00 bits per heavy atom. The van der Waals surface area contributed by atoms with Gasteiger partial charge in [0, 0.05) is 19.4 Å². The van der Waals surface area contributed by atoms with Crippen LogP contribution in [0.15, 0.2) is 35.4 Å². The Kier molecular flexibility index (Phi) is 5.35. The Morgan fingerprint density at radius 2 is 1.56 bits per heavy atom. The maximum atomic E-state index is 12.1. The van der Waals surface area contributed by atoms with Crippen LogP contribution >= 0.6 is 0 Å². The summed E-state index contributed by atoms with van der Waals surface area (Å²) in [5.41, 5.74) is 2.06. The molecule has 5 nitrogen and oxygen atoms in total. The van der Waals surface area contributed by atoms with E-state index >= 15 is 0 Å². The highest BCUT2D eigenvalue weighted by Crippen LogP contribution is 2.36. The molecular weight excluding hydrogens is 315 g/mol. The number of aryl methyl sites for hydroxylation is 2. The molecule has 25 heavy (non-hydrogen) atoms. The maximum absolute atomic E-state index is 12.1. The average molecular weight is 344 g/mol. The van der Waals surface area contributed by atoms with Gasteiger partial charge in [-0.15, -0.1) is 0 Å². The molecule has 3 rings (SSSR count). The Labute approximate surface area is 150 Å². The lowest BCUT2D eigenvalue weighted by Gasteiger charge is -2.32. The van der Waals surface area contributed by atoms with Gasteiger partial charge in [0.15, 0.2) is 0 Å². The van der Waals surface area contributed by atoms with Gasteiger partial charge < -0.3 is 13.9 Å². The summed E-state index contributed by atoms with van der Waals surface area (Å²) >= 11 is 0. The van der Waals surface area contributed by atoms with Crippen LogP contribution in [-0.2, 0) is 16.4 Å². The molecule has 1 aliphatic rings. The van der Waals surface area contributed by atoms with Crippen molar-refractivity contribution in [3.8, 4) is 5.69 Å². The summed E-state index contributed by atoms with van der Waals surface area (Å²) in [7, 11) is 1.35. The lowest BCUT2D eigenvalue weighted by atomic mass is 9.78. The Morgan fingerprint density at radius 3 is 2.00 bits per heavy atom. The number of hydrogen-bond acceptors (Lipinski definition) is 3. The summed E-state index contributed by atoms with van der Waals surface area (Å²) in [6.45, 7) is 14.1. The quantitative estimate of drug-likeness (QED) is 0.787. The first-order chi connectivity index (χ1) is 11.6. The van der Waals surface area contributed by atoms with Crippen molar-refractivity contribution in [3.63, 3.8) is 0 Å². The van der Waals surface area contributed by atoms with Crippen LogP contribution in [-0.4, -0.2) is 27.5 Å². The minimum atomic E-state index is -0.389. The van der Waals surface area contributed by atoms with Gasteiger partial charge in [-0.05, 0) is 51.7 Å². The normalized spacial score (nSPS) is 18.0. The number of aromatic nitrogens is 2. The fraction of sp³-hybridized carbons (Fsp3) is 0.526. The highest BCUT2D eigenvalue weighted by Gasteiger charge is 2.51. The Balaban J connectivity index is 0.00000109. The second-order valence-corrected chi connectivity index (χ2v) is 7.20. The molecule has 0 N–H and O–H groups in total. The average Bonchev–Trinajstić information content (AvgIpc) is 2.98. The van der Waals surface area contributed by atoms with Crippen molar-refractivity contribution in [1.29, 1.82) is 0 Å². The van der Waals surface area contributed by atoms with E-state index in [1.165, 1.54) is 0 Å². The van der Waals surface area contributed by atoms with Crippen LogP contribution < -0.4 is 11.2 Å². The van der Waals surface area contributed by atoms with Gasteiger partial charge >= 0.3 is 12.8 Å². The SMILES string of the molecule is CC.Cc1cc(B2OC(C)(C)C(C)(C)O2)ccc1-n1ccn(C)c1=O. The summed E-state index contributed by atoms with van der Waals surface area (Å²) in [4.78, 5) is 12.1. The molecule has 1 saturated heterocycles. The number of benzene rings is 1. The summed E-state index contributed by atoms with van der Waals surface area (Å²) in [6, 6.07) is 5.93. The van der Waals surface area contributed by atoms with Crippen molar-refractivity contribution in [2.75, 3.05) is 0 Å². The molecule has 0 radical (unpaired) electrons. The van der Waals surface area contributed by atoms with Crippen LogP contribution in [0.1, 0.15) is 47.1 Å². The van der Waals surface area contributed by atoms with E-state index in [1.54, 1.807) is 28.6 Å². The van der Waals surface area contributed by atoms with Crippen molar-refractivity contribution in [2.45, 2.75) is 59.7 Å². The molecule has 0 unspecified atom stereocenters. The van der Waals surface area contributed by atoms with Gasteiger partial charge in [0.1, 0.15) is 0 Å². The molecule has 1 aliphatic heterocycles. The zero-order chi connectivity index (χ0) is 19.0. The summed E-state index contributed by atoms with van der Waals surface area (Å²) in [5.74, 6) is 0. The lowest BCUT2D eigenvalue weighted by molar-refractivity contribution is 0.00578. The van der Waals surface area contributed by atoms with E-state index in [9.17, 15) is 4.79 Å². The summed E-state index contributed by atoms with van der Waals surface area (Å²) in [6.07, 6.45) is 3.53. The molecule has 0 bridgehead atoms. The first-order valence-corrected chi connectivity index (χ1v) is 8.83. The zero-order valence-corrected chi connectivity index (χ0v) is 16.6. The molecule has 0 amide bonds. The lowest BCUT2D eigenvalue weighted by Crippen LogP contribution is -2.41. The molecular formula is C19H29BN2O3. The van der Waals surface area contributed by atoms with Crippen molar-refractivity contribution in [3.05, 3.63) is 46.6 Å². The fourth-order valence-corrected chi connectivity index (χ4v) is 2.72. The molecule has 6 heteroatoms. The van der Waals surface area contributed by atoms with E-state index in [0.29, 0.717) is 0 Å². The third kappa shape index (κ3) is 3.46. The van der Waals surface area contributed by atoms with E-state index in [2.05, 4.69) is 0 Å². The van der Waals surface area contributed by atoms with Crippen LogP contribution in [0.4, 0.5) is 0 Å². The minimum absolute atomic E-state index is 0.0588. The smallest absolute Gasteiger partial charge is 0.399 e. The zero-order valence-electron chi connectivity index (χ0n) is 16.6. The first kappa shape index (κ1) is 19.5. The van der Waals surface area contributed by atoms with Gasteiger partial charge in [0.25, 0.3) is 0 Å². The van der Waals surface area contributed by atoms with Crippen LogP contribution in [0.5, 0.6) is 0 Å². The number of nitrogens with zero attached hydrogens (tertiary/aromatic N) is 2. The standard InChI is InChI=1S/C17H23BN2O3.C2H6/c1-12-11-13(18-22-16(2,3)17(4,5)23-18)7-8-14(12)20-10-9-19(6)15(20)21;1-2/h7-11H,1-6H3;1-2H3. The molecule has 0 atom stereocenters. The number of imidazole rings is 1. The van der Waals surface area contributed by atoms with Crippen LogP contribution in [0.2, 0.25) is 0 Å².